The summed E-state index contributed by atoms with van der Waals surface area (Å²) in [4.78, 5) is 6.56. The molecule has 1 saturated carbocycles. The Bertz CT molecular complexity index is 326. The van der Waals surface area contributed by atoms with Gasteiger partial charge in [0, 0.05) is 33.0 Å². The van der Waals surface area contributed by atoms with Gasteiger partial charge in [-0.1, -0.05) is 6.42 Å². The van der Waals surface area contributed by atoms with Crippen LogP contribution in [0.15, 0.2) is 4.99 Å². The van der Waals surface area contributed by atoms with Crippen LogP contribution in [0.3, 0.4) is 0 Å². The Balaban J connectivity index is 1.47. The molecule has 2 heterocycles. The van der Waals surface area contributed by atoms with E-state index >= 15 is 0 Å². The molecule has 102 valence electrons. The highest BCUT2D eigenvalue weighted by Gasteiger charge is 2.42. The predicted molar refractivity (Wildman–Crippen MR) is 69.6 cm³/mol. The molecule has 1 unspecified atom stereocenters. The normalized spacial score (nSPS) is 30.8. The van der Waals surface area contributed by atoms with Gasteiger partial charge in [-0.15, -0.1) is 0 Å². The van der Waals surface area contributed by atoms with E-state index in [0.717, 1.165) is 38.4 Å². The maximum atomic E-state index is 6.13. The highest BCUT2D eigenvalue weighted by molar-refractivity contribution is 5.81. The first-order valence-corrected chi connectivity index (χ1v) is 7.09. The molecule has 5 heteroatoms. The molecule has 2 fully saturated rings. The Morgan fingerprint density at radius 1 is 1.39 bits per heavy atom. The van der Waals surface area contributed by atoms with E-state index in [-0.39, 0.29) is 11.9 Å². The zero-order chi connectivity index (χ0) is 12.4. The third-order valence-corrected chi connectivity index (χ3v) is 4.08. The summed E-state index contributed by atoms with van der Waals surface area (Å²) >= 11 is 0. The Hall–Kier alpha value is -0.810. The first-order valence-electron chi connectivity index (χ1n) is 7.09. The fraction of sp³-hybridized carbons (Fsp3) is 0.923. The molecule has 1 saturated heterocycles. The summed E-state index contributed by atoms with van der Waals surface area (Å²) in [6.45, 7) is 3.41. The van der Waals surface area contributed by atoms with Gasteiger partial charge >= 0.3 is 0 Å². The molecule has 1 spiro atoms. The average Bonchev–Trinajstić information content (AvgIpc) is 2.96. The van der Waals surface area contributed by atoms with Gasteiger partial charge in [0.15, 0.2) is 11.7 Å². The van der Waals surface area contributed by atoms with Crippen molar-refractivity contribution in [2.75, 3.05) is 33.3 Å². The number of aliphatic imine (C=N–C) groups is 1. The smallest absolute Gasteiger partial charge is 0.193 e. The van der Waals surface area contributed by atoms with Crippen LogP contribution >= 0.6 is 0 Å². The zero-order valence-electron chi connectivity index (χ0n) is 11.2. The molecule has 18 heavy (non-hydrogen) atoms. The van der Waals surface area contributed by atoms with E-state index in [2.05, 4.69) is 22.3 Å². The standard InChI is InChI=1S/C13H23N3O2/c1-16-8-7-14-12(16)15-9-11-10-17-13(18-11)5-3-2-4-6-13/h11H,2-10H2,1H3,(H,14,15). The summed E-state index contributed by atoms with van der Waals surface area (Å²) in [7, 11) is 2.06. The minimum absolute atomic E-state index is 0.166. The van der Waals surface area contributed by atoms with Crippen LogP contribution in [0.4, 0.5) is 0 Å². The highest BCUT2D eigenvalue weighted by Crippen LogP contribution is 2.37. The van der Waals surface area contributed by atoms with E-state index in [9.17, 15) is 0 Å². The predicted octanol–water partition coefficient (Wildman–Crippen LogP) is 0.953. The largest absolute Gasteiger partial charge is 0.354 e. The molecule has 5 nitrogen and oxygen atoms in total. The molecule has 0 bridgehead atoms. The Morgan fingerprint density at radius 3 is 2.94 bits per heavy atom. The second-order valence-electron chi connectivity index (χ2n) is 5.53. The summed E-state index contributed by atoms with van der Waals surface area (Å²) in [5.41, 5.74) is 0. The van der Waals surface area contributed by atoms with E-state index in [0.29, 0.717) is 6.61 Å². The van der Waals surface area contributed by atoms with Crippen molar-refractivity contribution in [1.82, 2.24) is 10.2 Å². The molecule has 0 aromatic rings. The van der Waals surface area contributed by atoms with Crippen LogP contribution in [0.2, 0.25) is 0 Å². The van der Waals surface area contributed by atoms with Crippen molar-refractivity contribution in [2.24, 2.45) is 4.99 Å². The van der Waals surface area contributed by atoms with E-state index in [1.54, 1.807) is 0 Å². The van der Waals surface area contributed by atoms with Crippen LogP contribution in [0, 0.1) is 0 Å². The Kier molecular flexibility index (Phi) is 3.43. The van der Waals surface area contributed by atoms with Gasteiger partial charge in [0.2, 0.25) is 0 Å². The monoisotopic (exact) mass is 253 g/mol. The van der Waals surface area contributed by atoms with Crippen molar-refractivity contribution in [3.63, 3.8) is 0 Å². The van der Waals surface area contributed by atoms with Crippen molar-refractivity contribution in [3.8, 4) is 0 Å². The van der Waals surface area contributed by atoms with Crippen molar-refractivity contribution >= 4 is 5.96 Å². The number of likely N-dealkylation sites (N-methyl/N-ethyl adjacent to an activating group) is 1. The summed E-state index contributed by atoms with van der Waals surface area (Å²) in [6.07, 6.45) is 6.07. The van der Waals surface area contributed by atoms with E-state index in [1.807, 2.05) is 0 Å². The molecule has 1 atom stereocenters. The van der Waals surface area contributed by atoms with Gasteiger partial charge in [-0.2, -0.15) is 0 Å². The van der Waals surface area contributed by atoms with Crippen molar-refractivity contribution in [3.05, 3.63) is 0 Å². The lowest BCUT2D eigenvalue weighted by Crippen LogP contribution is -2.41. The van der Waals surface area contributed by atoms with Crippen LogP contribution < -0.4 is 5.32 Å². The van der Waals surface area contributed by atoms with E-state index in [4.69, 9.17) is 9.47 Å². The van der Waals surface area contributed by atoms with Gasteiger partial charge in [0.05, 0.1) is 13.2 Å². The molecule has 2 aliphatic heterocycles. The molecule has 3 rings (SSSR count). The van der Waals surface area contributed by atoms with Crippen LogP contribution in [0.5, 0.6) is 0 Å². The van der Waals surface area contributed by atoms with Crippen molar-refractivity contribution in [1.29, 1.82) is 0 Å². The van der Waals surface area contributed by atoms with Gasteiger partial charge in [0.25, 0.3) is 0 Å². The quantitative estimate of drug-likeness (QED) is 0.796. The lowest BCUT2D eigenvalue weighted by atomic mass is 9.94. The molecule has 1 N–H and O–H groups in total. The summed E-state index contributed by atoms with van der Waals surface area (Å²) in [5, 5.41) is 3.37. The summed E-state index contributed by atoms with van der Waals surface area (Å²) in [6, 6.07) is 0. The lowest BCUT2D eigenvalue weighted by Gasteiger charge is -2.31. The van der Waals surface area contributed by atoms with Gasteiger partial charge in [-0.05, 0) is 12.8 Å². The van der Waals surface area contributed by atoms with Gasteiger partial charge < -0.3 is 19.7 Å². The second kappa shape index (κ2) is 5.05. The SMILES string of the molecule is CN1CCN=C1NCC1COC2(CCCCC2)O1. The van der Waals surface area contributed by atoms with Crippen molar-refractivity contribution < 1.29 is 9.47 Å². The number of hydrogen-bond acceptors (Lipinski definition) is 5. The number of guanidine groups is 1. The third kappa shape index (κ3) is 2.47. The number of nitrogens with one attached hydrogen (secondary N) is 1. The molecular weight excluding hydrogens is 230 g/mol. The average molecular weight is 253 g/mol. The van der Waals surface area contributed by atoms with Crippen LogP contribution in [-0.4, -0.2) is 56.0 Å². The maximum Gasteiger partial charge on any atom is 0.193 e. The number of nitrogens with zero attached hydrogens (tertiary/aromatic N) is 2. The number of hydrogen-bond donors (Lipinski definition) is 1. The number of ether oxygens (including phenoxy) is 2. The maximum absolute atomic E-state index is 6.13. The summed E-state index contributed by atoms with van der Waals surface area (Å²) in [5.74, 6) is 0.733. The fourth-order valence-corrected chi connectivity index (χ4v) is 3.00. The molecule has 1 aliphatic carbocycles. The minimum atomic E-state index is -0.256. The lowest BCUT2D eigenvalue weighted by molar-refractivity contribution is -0.186. The third-order valence-electron chi connectivity index (χ3n) is 4.08. The van der Waals surface area contributed by atoms with E-state index < -0.39 is 0 Å². The van der Waals surface area contributed by atoms with Gasteiger partial charge in [0.1, 0.15) is 6.10 Å². The topological polar surface area (TPSA) is 46.1 Å². The highest BCUT2D eigenvalue weighted by atomic mass is 16.7. The minimum Gasteiger partial charge on any atom is -0.354 e. The fourth-order valence-electron chi connectivity index (χ4n) is 3.00. The molecule has 3 aliphatic rings. The van der Waals surface area contributed by atoms with Crippen molar-refractivity contribution in [2.45, 2.75) is 44.0 Å². The Morgan fingerprint density at radius 2 is 2.22 bits per heavy atom. The molecule has 0 aromatic carbocycles. The Labute approximate surface area is 109 Å². The van der Waals surface area contributed by atoms with Crippen LogP contribution in [0.25, 0.3) is 0 Å². The molecule has 0 amide bonds. The van der Waals surface area contributed by atoms with Crippen LogP contribution in [-0.2, 0) is 9.47 Å². The van der Waals surface area contributed by atoms with E-state index in [1.165, 1.54) is 19.3 Å². The second-order valence-corrected chi connectivity index (χ2v) is 5.53. The first kappa shape index (κ1) is 12.2. The zero-order valence-corrected chi connectivity index (χ0v) is 11.2. The molecule has 0 aromatic heterocycles. The molecule has 0 radical (unpaired) electrons. The summed E-state index contributed by atoms with van der Waals surface area (Å²) < 4.78 is 12.0. The number of rotatable bonds is 2. The first-order chi connectivity index (χ1) is 8.77. The van der Waals surface area contributed by atoms with Gasteiger partial charge in [-0.3, -0.25) is 4.99 Å². The molecular formula is C13H23N3O2. The van der Waals surface area contributed by atoms with Crippen LogP contribution in [0.1, 0.15) is 32.1 Å². The van der Waals surface area contributed by atoms with Gasteiger partial charge in [-0.25, -0.2) is 0 Å².